The highest BCUT2D eigenvalue weighted by Gasteiger charge is 2.20. The van der Waals surface area contributed by atoms with Crippen LogP contribution in [-0.2, 0) is 20.8 Å². The SMILES string of the molecule is Cc1ccc(S(=O)(=O)O/N=C2/CCCc3ncccc32)cc1. The average Bonchev–Trinajstić information content (AvgIpc) is 2.53. The standard InChI is InChI=1S/C16H16N2O3S/c1-12-7-9-13(10-8-12)22(19,20)21-18-16-6-2-5-15-14(16)4-3-11-17-15/h3-4,7-11H,2,5-6H2,1H3/b18-16-. The van der Waals surface area contributed by atoms with Crippen LogP contribution in [0.4, 0.5) is 0 Å². The van der Waals surface area contributed by atoms with Crippen LogP contribution in [0.3, 0.4) is 0 Å². The number of aromatic nitrogens is 1. The third kappa shape index (κ3) is 3.01. The molecule has 1 heterocycles. The van der Waals surface area contributed by atoms with E-state index in [9.17, 15) is 8.42 Å². The molecule has 0 spiro atoms. The molecule has 0 N–H and O–H groups in total. The summed E-state index contributed by atoms with van der Waals surface area (Å²) < 4.78 is 29.2. The van der Waals surface area contributed by atoms with Crippen molar-refractivity contribution in [1.29, 1.82) is 0 Å². The van der Waals surface area contributed by atoms with Gasteiger partial charge in [-0.25, -0.2) is 0 Å². The third-order valence-corrected chi connectivity index (χ3v) is 4.70. The third-order valence-electron chi connectivity index (χ3n) is 3.58. The Kier molecular flexibility index (Phi) is 3.94. The Morgan fingerprint density at radius 2 is 1.91 bits per heavy atom. The van der Waals surface area contributed by atoms with Crippen LogP contribution in [0.5, 0.6) is 0 Å². The molecule has 114 valence electrons. The van der Waals surface area contributed by atoms with Crippen molar-refractivity contribution in [3.05, 3.63) is 59.4 Å². The molecule has 0 radical (unpaired) electrons. The van der Waals surface area contributed by atoms with Crippen LogP contribution in [0.25, 0.3) is 0 Å². The van der Waals surface area contributed by atoms with E-state index in [0.29, 0.717) is 12.1 Å². The summed E-state index contributed by atoms with van der Waals surface area (Å²) in [5.74, 6) is 0. The minimum atomic E-state index is -3.89. The number of fused-ring (bicyclic) bond motifs is 1. The maximum absolute atomic E-state index is 12.2. The zero-order chi connectivity index (χ0) is 15.6. The van der Waals surface area contributed by atoms with Gasteiger partial charge in [0.2, 0.25) is 0 Å². The molecule has 0 saturated heterocycles. The predicted molar refractivity (Wildman–Crippen MR) is 83.2 cm³/mol. The Morgan fingerprint density at radius 1 is 1.14 bits per heavy atom. The van der Waals surface area contributed by atoms with Crippen LogP contribution < -0.4 is 0 Å². The second-order valence-corrected chi connectivity index (χ2v) is 6.76. The monoisotopic (exact) mass is 316 g/mol. The van der Waals surface area contributed by atoms with Gasteiger partial charge in [-0.05, 0) is 50.5 Å². The lowest BCUT2D eigenvalue weighted by Gasteiger charge is -2.15. The Balaban J connectivity index is 1.87. The first kappa shape index (κ1) is 14.7. The van der Waals surface area contributed by atoms with Gasteiger partial charge in [-0.1, -0.05) is 22.9 Å². The maximum Gasteiger partial charge on any atom is 0.358 e. The molecule has 0 saturated carbocycles. The van der Waals surface area contributed by atoms with Gasteiger partial charge in [-0.3, -0.25) is 9.27 Å². The summed E-state index contributed by atoms with van der Waals surface area (Å²) in [6, 6.07) is 10.2. The molecule has 0 bridgehead atoms. The molecule has 5 nitrogen and oxygen atoms in total. The van der Waals surface area contributed by atoms with Gasteiger partial charge in [-0.15, -0.1) is 0 Å². The quantitative estimate of drug-likeness (QED) is 0.817. The lowest BCUT2D eigenvalue weighted by molar-refractivity contribution is 0.337. The molecule has 1 aromatic carbocycles. The molecule has 0 amide bonds. The second-order valence-electron chi connectivity index (χ2n) is 5.23. The minimum Gasteiger partial charge on any atom is -0.264 e. The van der Waals surface area contributed by atoms with E-state index in [2.05, 4.69) is 10.1 Å². The molecule has 3 rings (SSSR count). The summed E-state index contributed by atoms with van der Waals surface area (Å²) in [6.07, 6.45) is 4.17. The molecule has 1 aromatic heterocycles. The van der Waals surface area contributed by atoms with Crippen molar-refractivity contribution in [3.63, 3.8) is 0 Å². The minimum absolute atomic E-state index is 0.102. The Hall–Kier alpha value is -2.21. The molecule has 1 aliphatic carbocycles. The molecule has 0 unspecified atom stereocenters. The summed E-state index contributed by atoms with van der Waals surface area (Å²) in [5.41, 5.74) is 3.42. The van der Waals surface area contributed by atoms with Gasteiger partial charge in [-0.2, -0.15) is 8.42 Å². The van der Waals surface area contributed by atoms with Crippen molar-refractivity contribution >= 4 is 15.8 Å². The smallest absolute Gasteiger partial charge is 0.264 e. The predicted octanol–water partition coefficient (Wildman–Crippen LogP) is 2.84. The average molecular weight is 316 g/mol. The molecule has 6 heteroatoms. The summed E-state index contributed by atoms with van der Waals surface area (Å²) in [5, 5.41) is 3.88. The molecule has 22 heavy (non-hydrogen) atoms. The fraction of sp³-hybridized carbons (Fsp3) is 0.250. The van der Waals surface area contributed by atoms with Crippen molar-refractivity contribution in [1.82, 2.24) is 4.98 Å². The van der Waals surface area contributed by atoms with Gasteiger partial charge in [0.1, 0.15) is 4.90 Å². The van der Waals surface area contributed by atoms with Gasteiger partial charge in [0.15, 0.2) is 0 Å². The molecule has 1 aliphatic rings. The molecular weight excluding hydrogens is 300 g/mol. The van der Waals surface area contributed by atoms with Crippen LogP contribution in [0.2, 0.25) is 0 Å². The topological polar surface area (TPSA) is 68.6 Å². The zero-order valence-corrected chi connectivity index (χ0v) is 13.0. The van der Waals surface area contributed by atoms with E-state index < -0.39 is 10.1 Å². The van der Waals surface area contributed by atoms with Crippen molar-refractivity contribution in [2.45, 2.75) is 31.1 Å². The molecule has 0 fully saturated rings. The zero-order valence-electron chi connectivity index (χ0n) is 12.2. The van der Waals surface area contributed by atoms with Crippen molar-refractivity contribution in [3.8, 4) is 0 Å². The summed E-state index contributed by atoms with van der Waals surface area (Å²) in [4.78, 5) is 4.40. The number of hydrogen-bond donors (Lipinski definition) is 0. The van der Waals surface area contributed by atoms with Gasteiger partial charge in [0.25, 0.3) is 0 Å². The van der Waals surface area contributed by atoms with Crippen LogP contribution >= 0.6 is 0 Å². The molecule has 2 aromatic rings. The van der Waals surface area contributed by atoms with E-state index in [1.165, 1.54) is 12.1 Å². The first-order chi connectivity index (χ1) is 10.6. The Labute approximate surface area is 129 Å². The highest BCUT2D eigenvalue weighted by Crippen LogP contribution is 2.21. The largest absolute Gasteiger partial charge is 0.358 e. The molecular formula is C16H16N2O3S. The summed E-state index contributed by atoms with van der Waals surface area (Å²) >= 11 is 0. The number of benzene rings is 1. The number of hydrogen-bond acceptors (Lipinski definition) is 5. The number of rotatable bonds is 3. The Morgan fingerprint density at radius 3 is 2.68 bits per heavy atom. The second kappa shape index (κ2) is 5.88. The first-order valence-electron chi connectivity index (χ1n) is 7.08. The first-order valence-corrected chi connectivity index (χ1v) is 8.48. The van der Waals surface area contributed by atoms with Crippen molar-refractivity contribution < 1.29 is 12.7 Å². The number of nitrogens with zero attached hydrogens (tertiary/aromatic N) is 2. The van der Waals surface area contributed by atoms with Gasteiger partial charge in [0, 0.05) is 17.5 Å². The maximum atomic E-state index is 12.2. The van der Waals surface area contributed by atoms with Crippen molar-refractivity contribution in [2.75, 3.05) is 0 Å². The van der Waals surface area contributed by atoms with Gasteiger partial charge in [0.05, 0.1) is 5.71 Å². The van der Waals surface area contributed by atoms with E-state index in [0.717, 1.165) is 29.7 Å². The number of aryl methyl sites for hydroxylation is 2. The fourth-order valence-electron chi connectivity index (χ4n) is 2.39. The summed E-state index contributed by atoms with van der Waals surface area (Å²) in [6.45, 7) is 1.89. The molecule has 0 atom stereocenters. The van der Waals surface area contributed by atoms with Gasteiger partial charge < -0.3 is 0 Å². The highest BCUT2D eigenvalue weighted by atomic mass is 32.2. The Bertz CT molecular complexity index is 812. The van der Waals surface area contributed by atoms with E-state index in [4.69, 9.17) is 4.28 Å². The normalized spacial score (nSPS) is 16.3. The molecule has 0 aliphatic heterocycles. The fourth-order valence-corrected chi connectivity index (χ4v) is 3.14. The van der Waals surface area contributed by atoms with Crippen LogP contribution in [0, 0.1) is 6.92 Å². The van der Waals surface area contributed by atoms with E-state index in [1.807, 2.05) is 19.1 Å². The highest BCUT2D eigenvalue weighted by molar-refractivity contribution is 7.86. The van der Waals surface area contributed by atoms with E-state index >= 15 is 0 Å². The lowest BCUT2D eigenvalue weighted by atomic mass is 9.94. The van der Waals surface area contributed by atoms with Crippen LogP contribution in [0.1, 0.15) is 29.7 Å². The van der Waals surface area contributed by atoms with Crippen LogP contribution in [0.15, 0.2) is 52.6 Å². The van der Waals surface area contributed by atoms with E-state index in [-0.39, 0.29) is 4.90 Å². The number of oxime groups is 1. The van der Waals surface area contributed by atoms with Crippen molar-refractivity contribution in [2.24, 2.45) is 5.16 Å². The van der Waals surface area contributed by atoms with Crippen LogP contribution in [-0.4, -0.2) is 19.1 Å². The van der Waals surface area contributed by atoms with E-state index in [1.54, 1.807) is 18.3 Å². The van der Waals surface area contributed by atoms with Gasteiger partial charge >= 0.3 is 10.1 Å². The lowest BCUT2D eigenvalue weighted by Crippen LogP contribution is -2.14. The number of pyridine rings is 1. The summed E-state index contributed by atoms with van der Waals surface area (Å²) in [7, 11) is -3.89.